The third-order valence-electron chi connectivity index (χ3n) is 3.76. The van der Waals surface area contributed by atoms with Crippen molar-refractivity contribution in [1.29, 1.82) is 0 Å². The highest BCUT2D eigenvalue weighted by atomic mass is 35.5. The first kappa shape index (κ1) is 19.1. The van der Waals surface area contributed by atoms with Crippen LogP contribution in [0.15, 0.2) is 79.5 Å². The van der Waals surface area contributed by atoms with Crippen molar-refractivity contribution in [2.24, 2.45) is 0 Å². The summed E-state index contributed by atoms with van der Waals surface area (Å²) in [4.78, 5) is 27.6. The average molecular weight is 393 g/mol. The number of urea groups is 1. The summed E-state index contributed by atoms with van der Waals surface area (Å²) in [6.45, 7) is 3.40. The van der Waals surface area contributed by atoms with Crippen LogP contribution >= 0.6 is 11.6 Å². The van der Waals surface area contributed by atoms with Crippen molar-refractivity contribution in [3.05, 3.63) is 84.5 Å². The molecule has 3 rings (SSSR count). The van der Waals surface area contributed by atoms with Gasteiger partial charge >= 0.3 is 6.03 Å². The summed E-state index contributed by atoms with van der Waals surface area (Å²) < 4.78 is 0. The number of hydrogen-bond acceptors (Lipinski definition) is 3. The van der Waals surface area contributed by atoms with Crippen molar-refractivity contribution in [3.63, 3.8) is 0 Å². The zero-order valence-electron chi connectivity index (χ0n) is 14.8. The fourth-order valence-electron chi connectivity index (χ4n) is 2.42. The van der Waals surface area contributed by atoms with Crippen LogP contribution in [-0.2, 0) is 4.79 Å². The molecule has 7 heteroatoms. The minimum absolute atomic E-state index is 0.313. The Labute approximate surface area is 167 Å². The predicted octanol–water partition coefficient (Wildman–Crippen LogP) is 5.17. The molecular formula is C21H17ClN4O2. The molecule has 0 atom stereocenters. The SMILES string of the molecule is C=CC(=O)Nc1ccc(-c2ccc(NC(=O)Nc3cccc(Cl)c3)cc2)cn1. The monoisotopic (exact) mass is 392 g/mol. The second kappa shape index (κ2) is 8.83. The molecule has 0 radical (unpaired) electrons. The number of anilines is 3. The van der Waals surface area contributed by atoms with Crippen LogP contribution < -0.4 is 16.0 Å². The van der Waals surface area contributed by atoms with E-state index >= 15 is 0 Å². The summed E-state index contributed by atoms with van der Waals surface area (Å²) in [6, 6.07) is 17.4. The van der Waals surface area contributed by atoms with E-state index in [1.165, 1.54) is 6.08 Å². The average Bonchev–Trinajstić information content (AvgIpc) is 2.69. The molecule has 0 bridgehead atoms. The number of nitrogens with one attached hydrogen (secondary N) is 3. The van der Waals surface area contributed by atoms with Gasteiger partial charge in [0.25, 0.3) is 0 Å². The van der Waals surface area contributed by atoms with E-state index in [9.17, 15) is 9.59 Å². The first-order valence-corrected chi connectivity index (χ1v) is 8.75. The van der Waals surface area contributed by atoms with Crippen molar-refractivity contribution in [2.75, 3.05) is 16.0 Å². The Balaban J connectivity index is 1.62. The molecule has 0 fully saturated rings. The largest absolute Gasteiger partial charge is 0.323 e. The van der Waals surface area contributed by atoms with Gasteiger partial charge in [0.2, 0.25) is 5.91 Å². The van der Waals surface area contributed by atoms with Crippen LogP contribution in [0.4, 0.5) is 22.0 Å². The van der Waals surface area contributed by atoms with Gasteiger partial charge < -0.3 is 16.0 Å². The van der Waals surface area contributed by atoms with E-state index in [4.69, 9.17) is 11.6 Å². The second-order valence-electron chi connectivity index (χ2n) is 5.79. The van der Waals surface area contributed by atoms with Crippen molar-refractivity contribution >= 4 is 40.7 Å². The maximum atomic E-state index is 12.1. The van der Waals surface area contributed by atoms with Gasteiger partial charge in [-0.15, -0.1) is 0 Å². The van der Waals surface area contributed by atoms with Crippen molar-refractivity contribution in [3.8, 4) is 11.1 Å². The van der Waals surface area contributed by atoms with Crippen LogP contribution in [0.5, 0.6) is 0 Å². The Morgan fingerprint density at radius 3 is 2.25 bits per heavy atom. The highest BCUT2D eigenvalue weighted by molar-refractivity contribution is 6.30. The molecule has 0 unspecified atom stereocenters. The van der Waals surface area contributed by atoms with Gasteiger partial charge in [0.05, 0.1) is 0 Å². The van der Waals surface area contributed by atoms with Gasteiger partial charge in [-0.3, -0.25) is 4.79 Å². The highest BCUT2D eigenvalue weighted by Crippen LogP contribution is 2.22. The van der Waals surface area contributed by atoms with Gasteiger partial charge in [-0.25, -0.2) is 9.78 Å². The Bertz CT molecular complexity index is 1000. The molecule has 0 aliphatic heterocycles. The molecule has 1 heterocycles. The van der Waals surface area contributed by atoms with Crippen LogP contribution in [0, 0.1) is 0 Å². The number of halogens is 1. The van der Waals surface area contributed by atoms with Gasteiger partial charge in [-0.1, -0.05) is 36.4 Å². The first-order valence-electron chi connectivity index (χ1n) is 8.37. The van der Waals surface area contributed by atoms with E-state index in [-0.39, 0.29) is 11.9 Å². The first-order chi connectivity index (χ1) is 13.5. The molecule has 0 aliphatic rings. The lowest BCUT2D eigenvalue weighted by atomic mass is 10.1. The van der Waals surface area contributed by atoms with Crippen LogP contribution in [0.25, 0.3) is 11.1 Å². The third kappa shape index (κ3) is 5.18. The number of amides is 3. The molecule has 0 aliphatic carbocycles. The van der Waals surface area contributed by atoms with E-state index in [2.05, 4.69) is 27.5 Å². The van der Waals surface area contributed by atoms with E-state index in [1.807, 2.05) is 18.2 Å². The lowest BCUT2D eigenvalue weighted by molar-refractivity contribution is -0.111. The van der Waals surface area contributed by atoms with Crippen LogP contribution in [0.3, 0.4) is 0 Å². The van der Waals surface area contributed by atoms with Gasteiger partial charge in [0, 0.05) is 28.2 Å². The summed E-state index contributed by atoms with van der Waals surface area (Å²) in [5.41, 5.74) is 3.06. The molecule has 3 aromatic rings. The Kier molecular flexibility index (Phi) is 6.04. The molecule has 140 valence electrons. The van der Waals surface area contributed by atoms with Gasteiger partial charge in [-0.2, -0.15) is 0 Å². The molecule has 0 spiro atoms. The topological polar surface area (TPSA) is 83.1 Å². The standard InChI is InChI=1S/C21H17ClN4O2/c1-2-20(27)26-19-11-8-15(13-23-19)14-6-9-17(10-7-14)24-21(28)25-18-5-3-4-16(22)12-18/h2-13H,1H2,(H,23,26,27)(H2,24,25,28). The predicted molar refractivity (Wildman–Crippen MR) is 113 cm³/mol. The zero-order chi connectivity index (χ0) is 19.9. The van der Waals surface area contributed by atoms with Crippen molar-refractivity contribution in [1.82, 2.24) is 4.98 Å². The second-order valence-corrected chi connectivity index (χ2v) is 6.23. The van der Waals surface area contributed by atoms with E-state index < -0.39 is 0 Å². The quantitative estimate of drug-likeness (QED) is 0.524. The van der Waals surface area contributed by atoms with Crippen LogP contribution in [-0.4, -0.2) is 16.9 Å². The number of hydrogen-bond donors (Lipinski definition) is 3. The molecule has 0 saturated heterocycles. The van der Waals surface area contributed by atoms with E-state index in [0.717, 1.165) is 11.1 Å². The number of rotatable bonds is 5. The minimum Gasteiger partial charge on any atom is -0.308 e. The zero-order valence-corrected chi connectivity index (χ0v) is 15.5. The summed E-state index contributed by atoms with van der Waals surface area (Å²) in [7, 11) is 0. The number of pyridine rings is 1. The summed E-state index contributed by atoms with van der Waals surface area (Å²) in [6.07, 6.45) is 2.84. The lowest BCUT2D eigenvalue weighted by Gasteiger charge is -2.09. The van der Waals surface area contributed by atoms with Gasteiger partial charge in [0.1, 0.15) is 5.82 Å². The van der Waals surface area contributed by atoms with Crippen LogP contribution in [0.1, 0.15) is 0 Å². The molecule has 2 aromatic carbocycles. The fraction of sp³-hybridized carbons (Fsp3) is 0. The smallest absolute Gasteiger partial charge is 0.308 e. The molecule has 1 aromatic heterocycles. The summed E-state index contributed by atoms with van der Waals surface area (Å²) in [5.74, 6) is 0.136. The number of aromatic nitrogens is 1. The summed E-state index contributed by atoms with van der Waals surface area (Å²) in [5, 5.41) is 8.62. The molecule has 0 saturated carbocycles. The van der Waals surface area contributed by atoms with Crippen LogP contribution in [0.2, 0.25) is 5.02 Å². The molecule has 28 heavy (non-hydrogen) atoms. The lowest BCUT2D eigenvalue weighted by Crippen LogP contribution is -2.19. The summed E-state index contributed by atoms with van der Waals surface area (Å²) >= 11 is 5.90. The van der Waals surface area contributed by atoms with Gasteiger partial charge in [0.15, 0.2) is 0 Å². The molecular weight excluding hydrogens is 376 g/mol. The Morgan fingerprint density at radius 1 is 0.893 bits per heavy atom. The number of carbonyl (C=O) groups excluding carboxylic acids is 2. The molecule has 3 N–H and O–H groups in total. The van der Waals surface area contributed by atoms with Crippen molar-refractivity contribution < 1.29 is 9.59 Å². The maximum absolute atomic E-state index is 12.1. The minimum atomic E-state index is -0.362. The Hall–Kier alpha value is -3.64. The number of nitrogens with zero attached hydrogens (tertiary/aromatic N) is 1. The third-order valence-corrected chi connectivity index (χ3v) is 3.99. The number of carbonyl (C=O) groups is 2. The van der Waals surface area contributed by atoms with E-state index in [1.54, 1.807) is 48.7 Å². The Morgan fingerprint density at radius 2 is 1.61 bits per heavy atom. The fourth-order valence-corrected chi connectivity index (χ4v) is 2.61. The normalized spacial score (nSPS) is 10.0. The van der Waals surface area contributed by atoms with E-state index in [0.29, 0.717) is 22.2 Å². The highest BCUT2D eigenvalue weighted by Gasteiger charge is 2.05. The van der Waals surface area contributed by atoms with Crippen molar-refractivity contribution in [2.45, 2.75) is 0 Å². The maximum Gasteiger partial charge on any atom is 0.323 e. The van der Waals surface area contributed by atoms with Gasteiger partial charge in [-0.05, 0) is 54.1 Å². The molecule has 6 nitrogen and oxygen atoms in total. The molecule has 3 amide bonds. The number of benzene rings is 2.